The molecule has 7 heteroatoms. The Hall–Kier alpha value is -1.76. The standard InChI is InChI=1S/C12H17N5OS/c1-8-10(19-7-13-8)4-5-11(18)15-9(2)12-16-14-6-17(12)3/h6-7,9H,4-5H2,1-3H3,(H,15,18)/t9-/m0/s1. The van der Waals surface area contributed by atoms with Gasteiger partial charge in [-0.3, -0.25) is 4.79 Å². The van der Waals surface area contributed by atoms with Crippen LogP contribution in [0, 0.1) is 6.92 Å². The zero-order chi connectivity index (χ0) is 13.8. The molecule has 0 aliphatic rings. The Morgan fingerprint density at radius 2 is 2.37 bits per heavy atom. The summed E-state index contributed by atoms with van der Waals surface area (Å²) in [4.78, 5) is 17.2. The molecule has 1 N–H and O–H groups in total. The Kier molecular flexibility index (Phi) is 4.26. The molecule has 2 rings (SSSR count). The zero-order valence-corrected chi connectivity index (χ0v) is 12.1. The van der Waals surface area contributed by atoms with Gasteiger partial charge in [-0.1, -0.05) is 0 Å². The third-order valence-corrected chi connectivity index (χ3v) is 3.93. The van der Waals surface area contributed by atoms with Crippen molar-refractivity contribution in [2.45, 2.75) is 32.7 Å². The number of nitrogens with one attached hydrogen (secondary N) is 1. The summed E-state index contributed by atoms with van der Waals surface area (Å²) in [7, 11) is 1.86. The molecule has 102 valence electrons. The summed E-state index contributed by atoms with van der Waals surface area (Å²) in [6.45, 7) is 3.87. The summed E-state index contributed by atoms with van der Waals surface area (Å²) in [5.41, 5.74) is 2.82. The van der Waals surface area contributed by atoms with Gasteiger partial charge in [0.1, 0.15) is 6.33 Å². The summed E-state index contributed by atoms with van der Waals surface area (Å²) >= 11 is 1.59. The van der Waals surface area contributed by atoms with E-state index in [1.807, 2.05) is 26.4 Å². The summed E-state index contributed by atoms with van der Waals surface area (Å²) < 4.78 is 1.80. The Morgan fingerprint density at radius 3 is 2.95 bits per heavy atom. The normalized spacial score (nSPS) is 12.4. The van der Waals surface area contributed by atoms with Crippen LogP contribution in [-0.2, 0) is 18.3 Å². The van der Waals surface area contributed by atoms with E-state index in [0.29, 0.717) is 6.42 Å². The molecule has 0 aromatic carbocycles. The molecule has 2 aromatic heterocycles. The fourth-order valence-corrected chi connectivity index (χ4v) is 2.64. The number of amides is 1. The van der Waals surface area contributed by atoms with E-state index < -0.39 is 0 Å². The number of carbonyl (C=O) groups excluding carboxylic acids is 1. The van der Waals surface area contributed by atoms with Crippen molar-refractivity contribution in [3.8, 4) is 0 Å². The molecule has 0 fully saturated rings. The molecule has 1 amide bonds. The highest BCUT2D eigenvalue weighted by Gasteiger charge is 2.14. The molecular weight excluding hydrogens is 262 g/mol. The van der Waals surface area contributed by atoms with Crippen molar-refractivity contribution in [1.29, 1.82) is 0 Å². The maximum atomic E-state index is 11.9. The van der Waals surface area contributed by atoms with Crippen LogP contribution in [0.4, 0.5) is 0 Å². The topological polar surface area (TPSA) is 72.7 Å². The molecule has 0 aliphatic heterocycles. The predicted molar refractivity (Wildman–Crippen MR) is 72.7 cm³/mol. The minimum Gasteiger partial charge on any atom is -0.346 e. The lowest BCUT2D eigenvalue weighted by Gasteiger charge is -2.12. The van der Waals surface area contributed by atoms with Crippen LogP contribution in [0.5, 0.6) is 0 Å². The SMILES string of the molecule is Cc1ncsc1CCC(=O)N[C@@H](C)c1nncn1C. The molecular formula is C12H17N5OS. The lowest BCUT2D eigenvalue weighted by molar-refractivity contribution is -0.121. The van der Waals surface area contributed by atoms with Crippen molar-refractivity contribution in [2.75, 3.05) is 0 Å². The first-order valence-corrected chi connectivity index (χ1v) is 6.98. The number of hydrogen-bond donors (Lipinski definition) is 1. The third-order valence-electron chi connectivity index (χ3n) is 2.94. The third kappa shape index (κ3) is 3.37. The van der Waals surface area contributed by atoms with Gasteiger partial charge in [-0.25, -0.2) is 4.98 Å². The first-order chi connectivity index (χ1) is 9.08. The molecule has 0 aliphatic carbocycles. The number of carbonyl (C=O) groups is 1. The van der Waals surface area contributed by atoms with Gasteiger partial charge in [0.25, 0.3) is 0 Å². The summed E-state index contributed by atoms with van der Waals surface area (Å²) in [5, 5.41) is 10.7. The molecule has 2 aromatic rings. The van der Waals surface area contributed by atoms with E-state index in [9.17, 15) is 4.79 Å². The largest absolute Gasteiger partial charge is 0.346 e. The Labute approximate surface area is 115 Å². The molecule has 0 saturated carbocycles. The smallest absolute Gasteiger partial charge is 0.220 e. The van der Waals surface area contributed by atoms with Crippen molar-refractivity contribution in [3.63, 3.8) is 0 Å². The molecule has 0 bridgehead atoms. The van der Waals surface area contributed by atoms with Crippen LogP contribution >= 0.6 is 11.3 Å². The van der Waals surface area contributed by atoms with Gasteiger partial charge in [0.2, 0.25) is 5.91 Å². The lowest BCUT2D eigenvalue weighted by atomic mass is 10.2. The second-order valence-corrected chi connectivity index (χ2v) is 5.39. The number of thiazole rings is 1. The lowest BCUT2D eigenvalue weighted by Crippen LogP contribution is -2.28. The van der Waals surface area contributed by atoms with Crippen LogP contribution in [0.3, 0.4) is 0 Å². The highest BCUT2D eigenvalue weighted by atomic mass is 32.1. The average molecular weight is 279 g/mol. The van der Waals surface area contributed by atoms with E-state index in [2.05, 4.69) is 20.5 Å². The van der Waals surface area contributed by atoms with E-state index in [0.717, 1.165) is 17.9 Å². The van der Waals surface area contributed by atoms with Gasteiger partial charge in [-0.2, -0.15) is 0 Å². The van der Waals surface area contributed by atoms with Gasteiger partial charge in [-0.05, 0) is 20.3 Å². The van der Waals surface area contributed by atoms with Crippen molar-refractivity contribution in [3.05, 3.63) is 28.2 Å². The molecule has 1 atom stereocenters. The first kappa shape index (κ1) is 13.7. The van der Waals surface area contributed by atoms with E-state index in [1.54, 1.807) is 22.2 Å². The van der Waals surface area contributed by atoms with Gasteiger partial charge in [0, 0.05) is 18.3 Å². The van der Waals surface area contributed by atoms with Crippen LogP contribution in [0.25, 0.3) is 0 Å². The summed E-state index contributed by atoms with van der Waals surface area (Å²) in [5.74, 6) is 0.769. The fraction of sp³-hybridized carbons (Fsp3) is 0.500. The van der Waals surface area contributed by atoms with Crippen molar-refractivity contribution in [1.82, 2.24) is 25.1 Å². The van der Waals surface area contributed by atoms with Gasteiger partial charge in [-0.15, -0.1) is 21.5 Å². The van der Waals surface area contributed by atoms with Gasteiger partial charge in [0.15, 0.2) is 5.82 Å². The minimum absolute atomic E-state index is 0.0169. The second kappa shape index (κ2) is 5.92. The number of hydrogen-bond acceptors (Lipinski definition) is 5. The quantitative estimate of drug-likeness (QED) is 0.897. The molecule has 6 nitrogen and oxygen atoms in total. The van der Waals surface area contributed by atoms with Crippen molar-refractivity contribution < 1.29 is 4.79 Å². The van der Waals surface area contributed by atoms with E-state index in [4.69, 9.17) is 0 Å². The van der Waals surface area contributed by atoms with Crippen molar-refractivity contribution in [2.24, 2.45) is 7.05 Å². The van der Waals surface area contributed by atoms with Crippen LogP contribution in [0.15, 0.2) is 11.8 Å². The number of rotatable bonds is 5. The Bertz CT molecular complexity index is 562. The molecule has 0 radical (unpaired) electrons. The van der Waals surface area contributed by atoms with E-state index in [-0.39, 0.29) is 11.9 Å². The summed E-state index contributed by atoms with van der Waals surface area (Å²) in [6.07, 6.45) is 2.82. The van der Waals surface area contributed by atoms with Gasteiger partial charge >= 0.3 is 0 Å². The maximum Gasteiger partial charge on any atom is 0.220 e. The van der Waals surface area contributed by atoms with Crippen molar-refractivity contribution >= 4 is 17.2 Å². The highest BCUT2D eigenvalue weighted by Crippen LogP contribution is 2.14. The van der Waals surface area contributed by atoms with Gasteiger partial charge < -0.3 is 9.88 Å². The first-order valence-electron chi connectivity index (χ1n) is 6.10. The minimum atomic E-state index is -0.137. The number of aromatic nitrogens is 4. The van der Waals surface area contributed by atoms with E-state index in [1.165, 1.54) is 4.88 Å². The van der Waals surface area contributed by atoms with Crippen LogP contribution in [-0.4, -0.2) is 25.7 Å². The highest BCUT2D eigenvalue weighted by molar-refractivity contribution is 7.09. The summed E-state index contributed by atoms with van der Waals surface area (Å²) in [6, 6.07) is -0.137. The molecule has 0 unspecified atom stereocenters. The molecule has 0 saturated heterocycles. The number of aryl methyl sites for hydroxylation is 3. The Morgan fingerprint density at radius 1 is 1.58 bits per heavy atom. The average Bonchev–Trinajstić information content (AvgIpc) is 2.95. The maximum absolute atomic E-state index is 11.9. The van der Waals surface area contributed by atoms with Crippen LogP contribution in [0.1, 0.15) is 35.8 Å². The monoisotopic (exact) mass is 279 g/mol. The number of nitrogens with zero attached hydrogens (tertiary/aromatic N) is 4. The molecule has 2 heterocycles. The predicted octanol–water partition coefficient (Wildman–Crippen LogP) is 1.39. The fourth-order valence-electron chi connectivity index (χ4n) is 1.86. The Balaban J connectivity index is 1.85. The van der Waals surface area contributed by atoms with Crippen LogP contribution in [0.2, 0.25) is 0 Å². The molecule has 0 spiro atoms. The zero-order valence-electron chi connectivity index (χ0n) is 11.3. The van der Waals surface area contributed by atoms with Gasteiger partial charge in [0.05, 0.1) is 17.2 Å². The second-order valence-electron chi connectivity index (χ2n) is 4.45. The molecule has 19 heavy (non-hydrogen) atoms. The van der Waals surface area contributed by atoms with Crippen LogP contribution < -0.4 is 5.32 Å². The van der Waals surface area contributed by atoms with E-state index >= 15 is 0 Å².